The second-order valence-corrected chi connectivity index (χ2v) is 6.95. The minimum Gasteiger partial charge on any atom is -0.481 e. The molecule has 0 aliphatic rings. The minimum absolute atomic E-state index is 0.0758. The van der Waals surface area contributed by atoms with Crippen LogP contribution in [0.1, 0.15) is 13.8 Å². The maximum atomic E-state index is 12.9. The third-order valence-corrected chi connectivity index (χ3v) is 4.91. The molecular weight excluding hydrogens is 374 g/mol. The number of para-hydroxylation sites is 3. The van der Waals surface area contributed by atoms with Crippen LogP contribution >= 0.6 is 0 Å². The standard InChI is InChI=1S/C25H23N3O2/c1-3-28(20-9-5-4-6-10-20)25(29)18(2)30-21-15-13-19(14-16-21)24-17-26-22-11-7-8-12-23(22)27-24/h4-18H,3H2,1-2H3/t18-/m1/s1. The Bertz CT molecular complexity index is 1140. The van der Waals surface area contributed by atoms with Crippen molar-refractivity contribution in [2.75, 3.05) is 11.4 Å². The lowest BCUT2D eigenvalue weighted by molar-refractivity contribution is -0.124. The number of carbonyl (C=O) groups is 1. The zero-order chi connectivity index (χ0) is 20.9. The number of rotatable bonds is 6. The molecule has 1 aromatic heterocycles. The van der Waals surface area contributed by atoms with Crippen LogP contribution in [0.2, 0.25) is 0 Å². The second-order valence-electron chi connectivity index (χ2n) is 6.95. The minimum atomic E-state index is -0.600. The highest BCUT2D eigenvalue weighted by molar-refractivity contribution is 5.96. The highest BCUT2D eigenvalue weighted by Crippen LogP contribution is 2.23. The van der Waals surface area contributed by atoms with Gasteiger partial charge in [0, 0.05) is 17.8 Å². The van der Waals surface area contributed by atoms with E-state index in [0.717, 1.165) is 28.0 Å². The summed E-state index contributed by atoms with van der Waals surface area (Å²) in [5, 5.41) is 0. The van der Waals surface area contributed by atoms with Gasteiger partial charge in [-0.1, -0.05) is 30.3 Å². The van der Waals surface area contributed by atoms with Gasteiger partial charge < -0.3 is 9.64 Å². The summed E-state index contributed by atoms with van der Waals surface area (Å²) in [6.45, 7) is 4.31. The van der Waals surface area contributed by atoms with E-state index in [1.165, 1.54) is 0 Å². The van der Waals surface area contributed by atoms with Crippen LogP contribution in [0.4, 0.5) is 5.69 Å². The van der Waals surface area contributed by atoms with Crippen molar-refractivity contribution in [3.63, 3.8) is 0 Å². The summed E-state index contributed by atoms with van der Waals surface area (Å²) in [6.07, 6.45) is 1.17. The molecule has 0 aliphatic heterocycles. The Kier molecular flexibility index (Phi) is 5.70. The molecule has 1 amide bonds. The molecule has 0 saturated heterocycles. The van der Waals surface area contributed by atoms with Gasteiger partial charge in [0.1, 0.15) is 5.75 Å². The SMILES string of the molecule is CCN(C(=O)[C@@H](C)Oc1ccc(-c2cnc3ccccc3n2)cc1)c1ccccc1. The Morgan fingerprint density at radius 1 is 0.933 bits per heavy atom. The van der Waals surface area contributed by atoms with Crippen LogP contribution in [-0.4, -0.2) is 28.5 Å². The normalized spacial score (nSPS) is 11.8. The molecule has 0 radical (unpaired) electrons. The Morgan fingerprint density at radius 2 is 1.60 bits per heavy atom. The van der Waals surface area contributed by atoms with E-state index in [9.17, 15) is 4.79 Å². The van der Waals surface area contributed by atoms with Gasteiger partial charge in [-0.15, -0.1) is 0 Å². The van der Waals surface area contributed by atoms with Crippen molar-refractivity contribution >= 4 is 22.6 Å². The Balaban J connectivity index is 1.47. The summed E-state index contributed by atoms with van der Waals surface area (Å²) in [5.41, 5.74) is 4.33. The van der Waals surface area contributed by atoms with Gasteiger partial charge in [0.15, 0.2) is 6.10 Å². The number of fused-ring (bicyclic) bond motifs is 1. The van der Waals surface area contributed by atoms with Gasteiger partial charge in [-0.3, -0.25) is 9.78 Å². The van der Waals surface area contributed by atoms with Crippen LogP contribution in [0.15, 0.2) is 85.1 Å². The lowest BCUT2D eigenvalue weighted by Gasteiger charge is -2.25. The van der Waals surface area contributed by atoms with Crippen LogP contribution in [0.5, 0.6) is 5.75 Å². The summed E-state index contributed by atoms with van der Waals surface area (Å²) in [4.78, 5) is 23.7. The number of carbonyl (C=O) groups excluding carboxylic acids is 1. The van der Waals surface area contributed by atoms with Gasteiger partial charge in [0.25, 0.3) is 5.91 Å². The Labute approximate surface area is 176 Å². The van der Waals surface area contributed by atoms with E-state index in [2.05, 4.69) is 9.97 Å². The Morgan fingerprint density at radius 3 is 2.30 bits per heavy atom. The summed E-state index contributed by atoms with van der Waals surface area (Å²) in [5.74, 6) is 0.561. The molecule has 4 aromatic rings. The first-order valence-corrected chi connectivity index (χ1v) is 10.0. The fourth-order valence-electron chi connectivity index (χ4n) is 3.35. The molecule has 0 spiro atoms. The molecule has 1 atom stereocenters. The molecular formula is C25H23N3O2. The number of ether oxygens (including phenoxy) is 1. The predicted molar refractivity (Wildman–Crippen MR) is 120 cm³/mol. The first-order chi connectivity index (χ1) is 14.7. The largest absolute Gasteiger partial charge is 0.481 e. The topological polar surface area (TPSA) is 55.3 Å². The van der Waals surface area contributed by atoms with Gasteiger partial charge in [-0.2, -0.15) is 0 Å². The number of likely N-dealkylation sites (N-methyl/N-ethyl adjacent to an activating group) is 1. The first kappa shape index (κ1) is 19.6. The zero-order valence-corrected chi connectivity index (χ0v) is 17.0. The molecule has 0 fully saturated rings. The van der Waals surface area contributed by atoms with Crippen molar-refractivity contribution in [1.82, 2.24) is 9.97 Å². The van der Waals surface area contributed by atoms with Gasteiger partial charge in [-0.05, 0) is 62.4 Å². The summed E-state index contributed by atoms with van der Waals surface area (Å²) in [7, 11) is 0. The van der Waals surface area contributed by atoms with E-state index < -0.39 is 6.10 Å². The zero-order valence-electron chi connectivity index (χ0n) is 17.0. The molecule has 150 valence electrons. The molecule has 5 heteroatoms. The number of anilines is 1. The van der Waals surface area contributed by atoms with Crippen LogP contribution in [0, 0.1) is 0 Å². The molecule has 4 rings (SSSR count). The molecule has 0 saturated carbocycles. The average molecular weight is 397 g/mol. The third-order valence-electron chi connectivity index (χ3n) is 4.91. The van der Waals surface area contributed by atoms with Crippen molar-refractivity contribution in [2.24, 2.45) is 0 Å². The number of nitrogens with zero attached hydrogens (tertiary/aromatic N) is 3. The van der Waals surface area contributed by atoms with E-state index >= 15 is 0 Å². The van der Waals surface area contributed by atoms with Crippen molar-refractivity contribution < 1.29 is 9.53 Å². The molecule has 1 heterocycles. The first-order valence-electron chi connectivity index (χ1n) is 10.0. The van der Waals surface area contributed by atoms with Crippen LogP contribution in [0.3, 0.4) is 0 Å². The quantitative estimate of drug-likeness (QED) is 0.453. The van der Waals surface area contributed by atoms with Gasteiger partial charge in [0.05, 0.1) is 22.9 Å². The molecule has 3 aromatic carbocycles. The van der Waals surface area contributed by atoms with Crippen molar-refractivity contribution in [2.45, 2.75) is 20.0 Å². The number of benzene rings is 3. The van der Waals surface area contributed by atoms with Gasteiger partial charge in [0.2, 0.25) is 0 Å². The average Bonchev–Trinajstić information content (AvgIpc) is 2.80. The van der Waals surface area contributed by atoms with Crippen molar-refractivity contribution in [3.8, 4) is 17.0 Å². The van der Waals surface area contributed by atoms with Crippen molar-refractivity contribution in [3.05, 3.63) is 85.1 Å². The molecule has 0 bridgehead atoms. The lowest BCUT2D eigenvalue weighted by atomic mass is 10.1. The van der Waals surface area contributed by atoms with E-state index in [1.807, 2.05) is 85.8 Å². The summed E-state index contributed by atoms with van der Waals surface area (Å²) in [6, 6.07) is 25.0. The van der Waals surface area contributed by atoms with Crippen LogP contribution < -0.4 is 9.64 Å². The number of hydrogen-bond acceptors (Lipinski definition) is 4. The monoisotopic (exact) mass is 397 g/mol. The smallest absolute Gasteiger partial charge is 0.267 e. The van der Waals surface area contributed by atoms with E-state index in [1.54, 1.807) is 18.0 Å². The van der Waals surface area contributed by atoms with E-state index in [-0.39, 0.29) is 5.91 Å². The third kappa shape index (κ3) is 4.15. The van der Waals surface area contributed by atoms with Gasteiger partial charge >= 0.3 is 0 Å². The highest BCUT2D eigenvalue weighted by atomic mass is 16.5. The number of amides is 1. The highest BCUT2D eigenvalue weighted by Gasteiger charge is 2.22. The van der Waals surface area contributed by atoms with E-state index in [4.69, 9.17) is 4.74 Å². The lowest BCUT2D eigenvalue weighted by Crippen LogP contribution is -2.40. The Hall–Kier alpha value is -3.73. The molecule has 0 unspecified atom stereocenters. The number of aromatic nitrogens is 2. The second kappa shape index (κ2) is 8.74. The fourth-order valence-corrected chi connectivity index (χ4v) is 3.35. The van der Waals surface area contributed by atoms with Crippen molar-refractivity contribution in [1.29, 1.82) is 0 Å². The van der Waals surface area contributed by atoms with Gasteiger partial charge in [-0.25, -0.2) is 4.98 Å². The maximum Gasteiger partial charge on any atom is 0.267 e. The molecule has 0 N–H and O–H groups in total. The molecule has 5 nitrogen and oxygen atoms in total. The summed E-state index contributed by atoms with van der Waals surface area (Å²) >= 11 is 0. The maximum absolute atomic E-state index is 12.9. The number of hydrogen-bond donors (Lipinski definition) is 0. The fraction of sp³-hybridized carbons (Fsp3) is 0.160. The molecule has 0 aliphatic carbocycles. The molecule has 30 heavy (non-hydrogen) atoms. The summed E-state index contributed by atoms with van der Waals surface area (Å²) < 4.78 is 5.91. The van der Waals surface area contributed by atoms with Crippen LogP contribution in [-0.2, 0) is 4.79 Å². The van der Waals surface area contributed by atoms with E-state index in [0.29, 0.717) is 12.3 Å². The predicted octanol–water partition coefficient (Wildman–Crippen LogP) is 5.12. The van der Waals surface area contributed by atoms with Crippen LogP contribution in [0.25, 0.3) is 22.3 Å².